The maximum Gasteiger partial charge on any atom is 0.410 e. The summed E-state index contributed by atoms with van der Waals surface area (Å²) < 4.78 is 11.4. The molecule has 1 aromatic heterocycles. The summed E-state index contributed by atoms with van der Waals surface area (Å²) >= 11 is 0. The Hall–Kier alpha value is -1.85. The summed E-state index contributed by atoms with van der Waals surface area (Å²) in [6.07, 6.45) is 1.61. The van der Waals surface area contributed by atoms with Crippen molar-refractivity contribution in [1.29, 1.82) is 0 Å². The van der Waals surface area contributed by atoms with E-state index in [1.165, 1.54) is 0 Å². The van der Waals surface area contributed by atoms with Gasteiger partial charge >= 0.3 is 6.09 Å². The Morgan fingerprint density at radius 3 is 2.38 bits per heavy atom. The van der Waals surface area contributed by atoms with Crippen LogP contribution in [0.25, 0.3) is 0 Å². The highest BCUT2D eigenvalue weighted by Crippen LogP contribution is 2.22. The molecule has 2 heterocycles. The van der Waals surface area contributed by atoms with Crippen LogP contribution in [-0.2, 0) is 4.74 Å². The zero-order chi connectivity index (χ0) is 17.9. The number of likely N-dealkylation sites (tertiary alicyclic amines) is 1. The third kappa shape index (κ3) is 5.08. The Bertz CT molecular complexity index is 588. The van der Waals surface area contributed by atoms with Gasteiger partial charge in [0.15, 0.2) is 0 Å². The zero-order valence-corrected chi connectivity index (χ0v) is 15.7. The maximum atomic E-state index is 12.1. The second-order valence-electron chi connectivity index (χ2n) is 7.51. The van der Waals surface area contributed by atoms with E-state index in [1.54, 1.807) is 4.90 Å². The highest BCUT2D eigenvalue weighted by Gasteiger charge is 2.27. The third-order valence-corrected chi connectivity index (χ3v) is 4.18. The molecular formula is C18H29N3O3. The van der Waals surface area contributed by atoms with Gasteiger partial charge in [0.2, 0.25) is 5.88 Å². The molecule has 134 valence electrons. The molecule has 1 amide bonds. The van der Waals surface area contributed by atoms with Crippen LogP contribution in [0.1, 0.15) is 50.7 Å². The maximum absolute atomic E-state index is 12.1. The van der Waals surface area contributed by atoms with Crippen molar-refractivity contribution in [3.63, 3.8) is 0 Å². The number of amides is 1. The van der Waals surface area contributed by atoms with Gasteiger partial charge in [-0.3, -0.25) is 0 Å². The third-order valence-electron chi connectivity index (χ3n) is 4.18. The second-order valence-corrected chi connectivity index (χ2v) is 7.51. The number of carbonyl (C=O) groups is 1. The summed E-state index contributed by atoms with van der Waals surface area (Å²) in [5.41, 5.74) is 1.50. The minimum Gasteiger partial charge on any atom is -0.477 e. The Balaban J connectivity index is 1.83. The van der Waals surface area contributed by atoms with E-state index in [-0.39, 0.29) is 6.09 Å². The van der Waals surface area contributed by atoms with Crippen LogP contribution >= 0.6 is 0 Å². The van der Waals surface area contributed by atoms with Gasteiger partial charge in [0.1, 0.15) is 11.4 Å². The molecule has 0 spiro atoms. The number of aryl methyl sites for hydroxylation is 2. The first kappa shape index (κ1) is 18.5. The molecule has 1 saturated heterocycles. The zero-order valence-electron chi connectivity index (χ0n) is 15.7. The molecule has 24 heavy (non-hydrogen) atoms. The largest absolute Gasteiger partial charge is 0.477 e. The van der Waals surface area contributed by atoms with Crippen LogP contribution in [0.3, 0.4) is 0 Å². The van der Waals surface area contributed by atoms with Gasteiger partial charge in [-0.2, -0.15) is 4.98 Å². The van der Waals surface area contributed by atoms with E-state index < -0.39 is 5.60 Å². The Kier molecular flexibility index (Phi) is 5.67. The molecule has 0 aliphatic carbocycles. The smallest absolute Gasteiger partial charge is 0.410 e. The second kappa shape index (κ2) is 7.36. The lowest BCUT2D eigenvalue weighted by molar-refractivity contribution is 0.0164. The van der Waals surface area contributed by atoms with Crippen LogP contribution in [0.2, 0.25) is 0 Å². The minimum atomic E-state index is -0.447. The van der Waals surface area contributed by atoms with E-state index in [0.717, 1.165) is 29.9 Å². The summed E-state index contributed by atoms with van der Waals surface area (Å²) in [7, 11) is 0. The van der Waals surface area contributed by atoms with E-state index in [0.29, 0.717) is 31.5 Å². The highest BCUT2D eigenvalue weighted by molar-refractivity contribution is 5.68. The lowest BCUT2D eigenvalue weighted by Gasteiger charge is -2.33. The molecular weight excluding hydrogens is 306 g/mol. The molecule has 1 aliphatic rings. The molecule has 0 saturated carbocycles. The molecule has 0 radical (unpaired) electrons. The standard InChI is InChI=1S/C18H29N3O3/c1-12-13(2)19-14(3)20-16(12)23-11-15-7-9-21(10-8-15)17(22)24-18(4,5)6/h15H,7-11H2,1-6H3. The number of carbonyl (C=O) groups excluding carboxylic acids is 1. The fraction of sp³-hybridized carbons (Fsp3) is 0.722. The Morgan fingerprint density at radius 1 is 1.17 bits per heavy atom. The number of hydrogen-bond donors (Lipinski definition) is 0. The van der Waals surface area contributed by atoms with Crippen molar-refractivity contribution < 1.29 is 14.3 Å². The average Bonchev–Trinajstić information content (AvgIpc) is 2.48. The summed E-state index contributed by atoms with van der Waals surface area (Å²) in [5.74, 6) is 1.83. The van der Waals surface area contributed by atoms with Crippen LogP contribution < -0.4 is 4.74 Å². The van der Waals surface area contributed by atoms with Crippen LogP contribution in [0.15, 0.2) is 0 Å². The lowest BCUT2D eigenvalue weighted by Crippen LogP contribution is -2.42. The van der Waals surface area contributed by atoms with E-state index in [4.69, 9.17) is 9.47 Å². The molecule has 0 bridgehead atoms. The summed E-state index contributed by atoms with van der Waals surface area (Å²) in [6.45, 7) is 13.5. The Morgan fingerprint density at radius 2 is 1.79 bits per heavy atom. The van der Waals surface area contributed by atoms with Crippen LogP contribution in [0, 0.1) is 26.7 Å². The van der Waals surface area contributed by atoms with E-state index in [1.807, 2.05) is 41.5 Å². The molecule has 1 aromatic rings. The molecule has 1 fully saturated rings. The molecule has 0 aromatic carbocycles. The van der Waals surface area contributed by atoms with Crippen molar-refractivity contribution in [2.24, 2.45) is 5.92 Å². The van der Waals surface area contributed by atoms with Crippen LogP contribution in [0.4, 0.5) is 4.79 Å². The van der Waals surface area contributed by atoms with E-state index in [2.05, 4.69) is 9.97 Å². The fourth-order valence-corrected chi connectivity index (χ4v) is 2.68. The van der Waals surface area contributed by atoms with Crippen LogP contribution in [-0.4, -0.2) is 46.3 Å². The topological polar surface area (TPSA) is 64.5 Å². The van der Waals surface area contributed by atoms with Gasteiger partial charge in [-0.25, -0.2) is 9.78 Å². The number of hydrogen-bond acceptors (Lipinski definition) is 5. The minimum absolute atomic E-state index is 0.222. The van der Waals surface area contributed by atoms with E-state index >= 15 is 0 Å². The van der Waals surface area contributed by atoms with E-state index in [9.17, 15) is 4.79 Å². The molecule has 6 heteroatoms. The molecule has 6 nitrogen and oxygen atoms in total. The van der Waals surface area contributed by atoms with Gasteiger partial charge in [0.05, 0.1) is 6.61 Å². The van der Waals surface area contributed by atoms with Crippen molar-refractivity contribution in [3.8, 4) is 5.88 Å². The quantitative estimate of drug-likeness (QED) is 0.847. The Labute approximate surface area is 144 Å². The predicted molar refractivity (Wildman–Crippen MR) is 92.3 cm³/mol. The lowest BCUT2D eigenvalue weighted by atomic mass is 9.98. The summed E-state index contributed by atoms with van der Waals surface area (Å²) in [6, 6.07) is 0. The predicted octanol–water partition coefficient (Wildman–Crippen LogP) is 3.43. The number of ether oxygens (including phenoxy) is 2. The SMILES string of the molecule is Cc1nc(C)c(C)c(OCC2CCN(C(=O)OC(C)(C)C)CC2)n1. The molecule has 0 unspecified atom stereocenters. The van der Waals surface area contributed by atoms with Gasteiger partial charge in [-0.1, -0.05) is 0 Å². The first-order valence-corrected chi connectivity index (χ1v) is 8.58. The van der Waals surface area contributed by atoms with Gasteiger partial charge < -0.3 is 14.4 Å². The average molecular weight is 335 g/mol. The van der Waals surface area contributed by atoms with Crippen molar-refractivity contribution in [3.05, 3.63) is 17.1 Å². The number of nitrogens with zero attached hydrogens (tertiary/aromatic N) is 3. The highest BCUT2D eigenvalue weighted by atomic mass is 16.6. The van der Waals surface area contributed by atoms with Crippen molar-refractivity contribution in [1.82, 2.24) is 14.9 Å². The molecule has 0 N–H and O–H groups in total. The van der Waals surface area contributed by atoms with Crippen molar-refractivity contribution >= 4 is 6.09 Å². The fourth-order valence-electron chi connectivity index (χ4n) is 2.68. The normalized spacial score (nSPS) is 16.2. The first-order valence-electron chi connectivity index (χ1n) is 8.58. The van der Waals surface area contributed by atoms with Gasteiger partial charge in [0.25, 0.3) is 0 Å². The number of aromatic nitrogens is 2. The van der Waals surface area contributed by atoms with Gasteiger partial charge in [-0.15, -0.1) is 0 Å². The molecule has 1 aliphatic heterocycles. The first-order chi connectivity index (χ1) is 11.2. The van der Waals surface area contributed by atoms with Crippen molar-refractivity contribution in [2.75, 3.05) is 19.7 Å². The number of piperidine rings is 1. The van der Waals surface area contributed by atoms with Gasteiger partial charge in [0, 0.05) is 24.3 Å². The van der Waals surface area contributed by atoms with Crippen LogP contribution in [0.5, 0.6) is 5.88 Å². The summed E-state index contributed by atoms with van der Waals surface area (Å²) in [4.78, 5) is 22.6. The number of rotatable bonds is 3. The molecule has 0 atom stereocenters. The summed E-state index contributed by atoms with van der Waals surface area (Å²) in [5, 5.41) is 0. The molecule has 2 rings (SSSR count). The van der Waals surface area contributed by atoms with Crippen molar-refractivity contribution in [2.45, 2.75) is 60.0 Å². The van der Waals surface area contributed by atoms with Gasteiger partial charge in [-0.05, 0) is 60.3 Å². The monoisotopic (exact) mass is 335 g/mol.